The lowest BCUT2D eigenvalue weighted by atomic mass is 9.97. The molecule has 0 radical (unpaired) electrons. The third kappa shape index (κ3) is 4.71. The molecule has 0 N–H and O–H groups in total. The number of amides is 1. The van der Waals surface area contributed by atoms with E-state index < -0.39 is 17.3 Å². The highest BCUT2D eigenvalue weighted by atomic mass is 32.2. The summed E-state index contributed by atoms with van der Waals surface area (Å²) < 4.78 is 36.9. The molecule has 2 aromatic carbocycles. The fourth-order valence-corrected chi connectivity index (χ4v) is 7.44. The number of halogens is 2. The number of piperazine rings is 1. The number of carbonyl (C=O) groups excluding carboxylic acids is 1. The minimum Gasteiger partial charge on any atom is -0.372 e. The van der Waals surface area contributed by atoms with Crippen LogP contribution in [0.5, 0.6) is 0 Å². The number of benzene rings is 2. The summed E-state index contributed by atoms with van der Waals surface area (Å²) in [7, 11) is 0. The van der Waals surface area contributed by atoms with Gasteiger partial charge in [-0.3, -0.25) is 9.36 Å². The van der Waals surface area contributed by atoms with E-state index in [0.29, 0.717) is 47.8 Å². The summed E-state index contributed by atoms with van der Waals surface area (Å²) in [6.45, 7) is 10.8. The highest BCUT2D eigenvalue weighted by Crippen LogP contribution is 2.45. The predicted octanol–water partition coefficient (Wildman–Crippen LogP) is 4.92. The van der Waals surface area contributed by atoms with E-state index in [1.807, 2.05) is 31.7 Å². The van der Waals surface area contributed by atoms with Crippen LogP contribution < -0.4 is 10.6 Å². The van der Waals surface area contributed by atoms with Gasteiger partial charge in [-0.1, -0.05) is 6.58 Å². The van der Waals surface area contributed by atoms with Gasteiger partial charge < -0.3 is 14.5 Å². The Labute approximate surface area is 235 Å². The van der Waals surface area contributed by atoms with E-state index in [2.05, 4.69) is 16.5 Å². The van der Waals surface area contributed by atoms with Gasteiger partial charge in [0.05, 0.1) is 24.3 Å². The Kier molecular flexibility index (Phi) is 6.94. The molecule has 210 valence electrons. The highest BCUT2D eigenvalue weighted by molar-refractivity contribution is 7.99. The van der Waals surface area contributed by atoms with Crippen molar-refractivity contribution in [2.75, 3.05) is 23.7 Å². The molecule has 1 aromatic heterocycles. The average Bonchev–Trinajstić information content (AvgIpc) is 3.74. The van der Waals surface area contributed by atoms with Crippen LogP contribution in [0.1, 0.15) is 32.3 Å². The van der Waals surface area contributed by atoms with Crippen LogP contribution in [0.2, 0.25) is 0 Å². The van der Waals surface area contributed by atoms with Crippen molar-refractivity contribution in [3.8, 4) is 11.1 Å². The first-order valence-electron chi connectivity index (χ1n) is 13.7. The second-order valence-corrected chi connectivity index (χ2v) is 12.1. The Balaban J connectivity index is 1.54. The molecule has 3 atom stereocenters. The molecule has 0 spiro atoms. The molecule has 1 amide bonds. The SMILES string of the molecule is C=CC(=O)N1[C@H](C)CN(c2nc(=O)n3c4c(c(-c5ccc(F)cc5F)c(C)cc24)SCC(OC2CC2)C3)C[C@@H]1C. The molecule has 3 heterocycles. The fourth-order valence-electron chi connectivity index (χ4n) is 6.13. The van der Waals surface area contributed by atoms with Crippen molar-refractivity contribution in [1.29, 1.82) is 0 Å². The summed E-state index contributed by atoms with van der Waals surface area (Å²) in [6.07, 6.45) is 3.36. The largest absolute Gasteiger partial charge is 0.372 e. The van der Waals surface area contributed by atoms with Crippen LogP contribution in [-0.2, 0) is 16.1 Å². The molecule has 1 unspecified atom stereocenters. The quantitative estimate of drug-likeness (QED) is 0.409. The summed E-state index contributed by atoms with van der Waals surface area (Å²) in [5.41, 5.74) is 2.04. The van der Waals surface area contributed by atoms with Gasteiger partial charge in [0.15, 0.2) is 0 Å². The van der Waals surface area contributed by atoms with Crippen molar-refractivity contribution in [3.63, 3.8) is 0 Å². The van der Waals surface area contributed by atoms with Crippen LogP contribution in [0.15, 0.2) is 46.6 Å². The molecular weight excluding hydrogens is 534 g/mol. The van der Waals surface area contributed by atoms with Gasteiger partial charge >= 0.3 is 5.69 Å². The summed E-state index contributed by atoms with van der Waals surface area (Å²) >= 11 is 1.55. The second-order valence-electron chi connectivity index (χ2n) is 11.1. The van der Waals surface area contributed by atoms with Crippen LogP contribution in [0, 0.1) is 18.6 Å². The second kappa shape index (κ2) is 10.3. The van der Waals surface area contributed by atoms with Crippen LogP contribution in [0.25, 0.3) is 22.0 Å². The first kappa shape index (κ1) is 27.0. The van der Waals surface area contributed by atoms with Gasteiger partial charge in [-0.2, -0.15) is 4.98 Å². The summed E-state index contributed by atoms with van der Waals surface area (Å²) in [6, 6.07) is 5.32. The first-order valence-corrected chi connectivity index (χ1v) is 14.7. The molecule has 2 fully saturated rings. The lowest BCUT2D eigenvalue weighted by Gasteiger charge is -2.44. The zero-order valence-electron chi connectivity index (χ0n) is 22.8. The van der Waals surface area contributed by atoms with Gasteiger partial charge in [-0.25, -0.2) is 13.6 Å². The summed E-state index contributed by atoms with van der Waals surface area (Å²) in [5, 5.41) is 0.792. The maximum atomic E-state index is 15.2. The van der Waals surface area contributed by atoms with Crippen molar-refractivity contribution >= 4 is 34.4 Å². The molecule has 1 saturated heterocycles. The van der Waals surface area contributed by atoms with Crippen LogP contribution in [0.4, 0.5) is 14.6 Å². The van der Waals surface area contributed by atoms with Gasteiger partial charge in [-0.05, 0) is 63.5 Å². The number of hydrogen-bond acceptors (Lipinski definition) is 6. The van der Waals surface area contributed by atoms with Gasteiger partial charge in [0.1, 0.15) is 17.5 Å². The van der Waals surface area contributed by atoms with Crippen molar-refractivity contribution < 1.29 is 18.3 Å². The molecule has 1 saturated carbocycles. The number of aryl methyl sites for hydroxylation is 1. The third-order valence-corrected chi connectivity index (χ3v) is 9.18. The minimum absolute atomic E-state index is 0.122. The number of anilines is 1. The third-order valence-electron chi connectivity index (χ3n) is 7.95. The number of aromatic nitrogens is 2. The zero-order valence-corrected chi connectivity index (χ0v) is 23.6. The molecule has 7 nitrogen and oxygen atoms in total. The van der Waals surface area contributed by atoms with E-state index in [0.717, 1.165) is 34.8 Å². The van der Waals surface area contributed by atoms with Crippen molar-refractivity contribution in [2.24, 2.45) is 0 Å². The van der Waals surface area contributed by atoms with Crippen molar-refractivity contribution in [1.82, 2.24) is 14.5 Å². The first-order chi connectivity index (χ1) is 19.2. The Morgan fingerprint density at radius 3 is 2.50 bits per heavy atom. The van der Waals surface area contributed by atoms with Crippen LogP contribution >= 0.6 is 11.8 Å². The molecule has 10 heteroatoms. The topological polar surface area (TPSA) is 67.7 Å². The molecule has 40 heavy (non-hydrogen) atoms. The Morgan fingerprint density at radius 1 is 1.12 bits per heavy atom. The normalized spacial score (nSPS) is 22.9. The maximum Gasteiger partial charge on any atom is 0.350 e. The number of ether oxygens (including phenoxy) is 1. The molecular formula is C30H32F2N4O3S. The molecule has 3 aliphatic rings. The minimum atomic E-state index is -0.650. The summed E-state index contributed by atoms with van der Waals surface area (Å²) in [4.78, 5) is 35.4. The van der Waals surface area contributed by atoms with Gasteiger partial charge in [0.25, 0.3) is 0 Å². The maximum absolute atomic E-state index is 15.2. The number of carbonyl (C=O) groups is 1. The Morgan fingerprint density at radius 2 is 1.85 bits per heavy atom. The Hall–Kier alpha value is -3.24. The van der Waals surface area contributed by atoms with Crippen molar-refractivity contribution in [3.05, 3.63) is 64.6 Å². The average molecular weight is 567 g/mol. The van der Waals surface area contributed by atoms with E-state index in [-0.39, 0.29) is 30.2 Å². The number of rotatable bonds is 5. The van der Waals surface area contributed by atoms with Gasteiger partial charge in [-0.15, -0.1) is 11.8 Å². The van der Waals surface area contributed by atoms with Gasteiger partial charge in [0, 0.05) is 58.4 Å². The molecule has 3 aromatic rings. The number of nitrogens with zero attached hydrogens (tertiary/aromatic N) is 4. The predicted molar refractivity (Wildman–Crippen MR) is 153 cm³/mol. The van der Waals surface area contributed by atoms with E-state index in [1.165, 1.54) is 18.2 Å². The lowest BCUT2D eigenvalue weighted by Crippen LogP contribution is -2.58. The molecule has 1 aliphatic carbocycles. The standard InChI is InChI=1S/C30H32F2N4O3S/c1-5-25(37)36-17(3)12-34(13-18(36)4)29-23-10-16(2)26(22-9-6-19(31)11-24(22)32)28-27(23)35(30(38)33-29)14-21(15-40-28)39-20-7-8-20/h5-6,9-11,17-18,20-21H,1,7-8,12-15H2,2-4H3/t17-,18+,21?. The van der Waals surface area contributed by atoms with Crippen LogP contribution in [0.3, 0.4) is 0 Å². The molecule has 6 rings (SSSR count). The number of thioether (sulfide) groups is 1. The van der Waals surface area contributed by atoms with E-state index in [4.69, 9.17) is 4.74 Å². The summed E-state index contributed by atoms with van der Waals surface area (Å²) in [5.74, 6) is -0.267. The number of hydrogen-bond donors (Lipinski definition) is 0. The smallest absolute Gasteiger partial charge is 0.350 e. The van der Waals surface area contributed by atoms with E-state index >= 15 is 4.39 Å². The molecule has 0 bridgehead atoms. The Bertz CT molecular complexity index is 1580. The van der Waals surface area contributed by atoms with E-state index in [9.17, 15) is 14.0 Å². The lowest BCUT2D eigenvalue weighted by molar-refractivity contribution is -0.130. The zero-order chi connectivity index (χ0) is 28.3. The van der Waals surface area contributed by atoms with E-state index in [1.54, 1.807) is 16.3 Å². The van der Waals surface area contributed by atoms with Crippen LogP contribution in [-0.4, -0.2) is 63.5 Å². The monoisotopic (exact) mass is 566 g/mol. The fraction of sp³-hybridized carbons (Fsp3) is 0.433. The van der Waals surface area contributed by atoms with Gasteiger partial charge in [0.2, 0.25) is 5.91 Å². The van der Waals surface area contributed by atoms with Crippen molar-refractivity contribution in [2.45, 2.75) is 69.3 Å². The molecule has 2 aliphatic heterocycles. The highest BCUT2D eigenvalue weighted by Gasteiger charge is 2.35.